The molecule has 0 radical (unpaired) electrons. The van der Waals surface area contributed by atoms with Crippen LogP contribution in [0.2, 0.25) is 0 Å². The lowest BCUT2D eigenvalue weighted by Crippen LogP contribution is -2.35. The fourth-order valence-electron chi connectivity index (χ4n) is 2.59. The van der Waals surface area contributed by atoms with Crippen LogP contribution < -0.4 is 11.3 Å². The third kappa shape index (κ3) is 2.91. The first-order chi connectivity index (χ1) is 8.74. The van der Waals surface area contributed by atoms with E-state index in [0.29, 0.717) is 5.76 Å². The third-order valence-corrected chi connectivity index (χ3v) is 3.66. The van der Waals surface area contributed by atoms with Gasteiger partial charge in [0.2, 0.25) is 0 Å². The molecule has 0 spiro atoms. The lowest BCUT2D eigenvalue weighted by atomic mass is 9.95. The molecular formula is C13H21N3O2. The SMILES string of the molecule is CCC1CCCN(Cc2ccoc2C(=O)NN)C1. The van der Waals surface area contributed by atoms with Gasteiger partial charge in [-0.25, -0.2) is 5.84 Å². The lowest BCUT2D eigenvalue weighted by Gasteiger charge is -2.32. The Morgan fingerprint density at radius 2 is 2.50 bits per heavy atom. The van der Waals surface area contributed by atoms with E-state index in [2.05, 4.69) is 17.2 Å². The summed E-state index contributed by atoms with van der Waals surface area (Å²) in [4.78, 5) is 13.9. The number of likely N-dealkylation sites (tertiary alicyclic amines) is 1. The summed E-state index contributed by atoms with van der Waals surface area (Å²) in [5, 5.41) is 0. The Kier molecular flexibility index (Phi) is 4.38. The average Bonchev–Trinajstić information content (AvgIpc) is 2.86. The number of hydrogen-bond acceptors (Lipinski definition) is 4. The van der Waals surface area contributed by atoms with Crippen molar-refractivity contribution in [2.24, 2.45) is 11.8 Å². The highest BCUT2D eigenvalue weighted by molar-refractivity contribution is 5.92. The van der Waals surface area contributed by atoms with Gasteiger partial charge in [-0.2, -0.15) is 0 Å². The van der Waals surface area contributed by atoms with Gasteiger partial charge in [-0.15, -0.1) is 0 Å². The van der Waals surface area contributed by atoms with Crippen LogP contribution in [0, 0.1) is 5.92 Å². The van der Waals surface area contributed by atoms with Gasteiger partial charge in [0.25, 0.3) is 0 Å². The zero-order valence-electron chi connectivity index (χ0n) is 10.8. The molecule has 0 bridgehead atoms. The van der Waals surface area contributed by atoms with Crippen LogP contribution in [0.4, 0.5) is 0 Å². The number of nitrogens with two attached hydrogens (primary N) is 1. The van der Waals surface area contributed by atoms with Crippen LogP contribution in [0.3, 0.4) is 0 Å². The summed E-state index contributed by atoms with van der Waals surface area (Å²) in [6.07, 6.45) is 5.31. The Balaban J connectivity index is 2.00. The van der Waals surface area contributed by atoms with E-state index >= 15 is 0 Å². The van der Waals surface area contributed by atoms with E-state index in [1.807, 2.05) is 6.07 Å². The molecule has 1 aromatic heterocycles. The molecule has 1 fully saturated rings. The van der Waals surface area contributed by atoms with E-state index in [0.717, 1.165) is 31.1 Å². The maximum atomic E-state index is 11.5. The number of carbonyl (C=O) groups excluding carboxylic acids is 1. The monoisotopic (exact) mass is 251 g/mol. The number of nitrogens with zero attached hydrogens (tertiary/aromatic N) is 1. The molecule has 1 aliphatic heterocycles. The second-order valence-corrected chi connectivity index (χ2v) is 4.90. The zero-order valence-corrected chi connectivity index (χ0v) is 10.8. The van der Waals surface area contributed by atoms with Crippen LogP contribution in [-0.2, 0) is 6.54 Å². The summed E-state index contributed by atoms with van der Waals surface area (Å²) >= 11 is 0. The first-order valence-electron chi connectivity index (χ1n) is 6.54. The van der Waals surface area contributed by atoms with Crippen LogP contribution in [-0.4, -0.2) is 23.9 Å². The molecule has 2 rings (SSSR count). The van der Waals surface area contributed by atoms with E-state index < -0.39 is 0 Å². The Morgan fingerprint density at radius 3 is 3.22 bits per heavy atom. The number of nitrogen functional groups attached to an aromatic ring is 1. The molecule has 3 N–H and O–H groups in total. The normalized spacial score (nSPS) is 20.9. The Morgan fingerprint density at radius 1 is 1.67 bits per heavy atom. The lowest BCUT2D eigenvalue weighted by molar-refractivity contribution is 0.0921. The number of nitrogens with one attached hydrogen (secondary N) is 1. The van der Waals surface area contributed by atoms with Crippen molar-refractivity contribution in [3.05, 3.63) is 23.7 Å². The van der Waals surface area contributed by atoms with E-state index in [-0.39, 0.29) is 5.91 Å². The molecule has 0 saturated carbocycles. The predicted molar refractivity (Wildman–Crippen MR) is 68.7 cm³/mol. The number of hydrogen-bond donors (Lipinski definition) is 2. The van der Waals surface area contributed by atoms with Crippen molar-refractivity contribution in [2.75, 3.05) is 13.1 Å². The van der Waals surface area contributed by atoms with Gasteiger partial charge in [0.1, 0.15) is 0 Å². The highest BCUT2D eigenvalue weighted by Gasteiger charge is 2.21. The fourth-order valence-corrected chi connectivity index (χ4v) is 2.59. The number of rotatable bonds is 4. The number of amides is 1. The summed E-state index contributed by atoms with van der Waals surface area (Å²) in [6.45, 7) is 5.19. The topological polar surface area (TPSA) is 71.5 Å². The van der Waals surface area contributed by atoms with E-state index in [1.54, 1.807) is 6.26 Å². The minimum Gasteiger partial charge on any atom is -0.459 e. The zero-order chi connectivity index (χ0) is 13.0. The molecule has 5 heteroatoms. The summed E-state index contributed by atoms with van der Waals surface area (Å²) in [6, 6.07) is 1.85. The average molecular weight is 251 g/mol. The van der Waals surface area contributed by atoms with Crippen molar-refractivity contribution >= 4 is 5.91 Å². The van der Waals surface area contributed by atoms with Crippen molar-refractivity contribution in [2.45, 2.75) is 32.7 Å². The molecule has 1 atom stereocenters. The van der Waals surface area contributed by atoms with E-state index in [4.69, 9.17) is 10.3 Å². The molecular weight excluding hydrogens is 230 g/mol. The standard InChI is InChI=1S/C13H21N3O2/c1-2-10-4-3-6-16(8-10)9-11-5-7-18-12(11)13(17)15-14/h5,7,10H,2-4,6,8-9,14H2,1H3,(H,15,17). The minimum absolute atomic E-state index is 0.330. The molecule has 2 heterocycles. The van der Waals surface area contributed by atoms with Gasteiger partial charge in [0.05, 0.1) is 6.26 Å². The van der Waals surface area contributed by atoms with Gasteiger partial charge >= 0.3 is 5.91 Å². The van der Waals surface area contributed by atoms with Gasteiger partial charge in [-0.3, -0.25) is 15.1 Å². The van der Waals surface area contributed by atoms with E-state index in [9.17, 15) is 4.79 Å². The van der Waals surface area contributed by atoms with Crippen molar-refractivity contribution in [3.8, 4) is 0 Å². The second kappa shape index (κ2) is 6.02. The third-order valence-electron chi connectivity index (χ3n) is 3.66. The molecule has 1 amide bonds. The Hall–Kier alpha value is -1.33. The quantitative estimate of drug-likeness (QED) is 0.483. The van der Waals surface area contributed by atoms with Gasteiger partial charge in [-0.05, 0) is 31.4 Å². The summed E-state index contributed by atoms with van der Waals surface area (Å²) in [7, 11) is 0. The van der Waals surface area contributed by atoms with E-state index in [1.165, 1.54) is 19.3 Å². The van der Waals surface area contributed by atoms with Crippen molar-refractivity contribution in [3.63, 3.8) is 0 Å². The number of piperidine rings is 1. The van der Waals surface area contributed by atoms with Crippen molar-refractivity contribution in [1.82, 2.24) is 10.3 Å². The van der Waals surface area contributed by atoms with Gasteiger partial charge < -0.3 is 4.42 Å². The first kappa shape index (κ1) is 13.1. The molecule has 1 unspecified atom stereocenters. The minimum atomic E-state index is -0.362. The summed E-state index contributed by atoms with van der Waals surface area (Å²) in [5.41, 5.74) is 3.03. The molecule has 5 nitrogen and oxygen atoms in total. The molecule has 18 heavy (non-hydrogen) atoms. The number of furan rings is 1. The van der Waals surface area contributed by atoms with Gasteiger partial charge in [-0.1, -0.05) is 13.3 Å². The number of carbonyl (C=O) groups is 1. The molecule has 0 aliphatic carbocycles. The first-order valence-corrected chi connectivity index (χ1v) is 6.54. The maximum Gasteiger partial charge on any atom is 0.301 e. The van der Waals surface area contributed by atoms with Crippen molar-refractivity contribution < 1.29 is 9.21 Å². The summed E-state index contributed by atoms with van der Waals surface area (Å²) < 4.78 is 5.19. The van der Waals surface area contributed by atoms with Crippen LogP contribution in [0.1, 0.15) is 42.3 Å². The van der Waals surface area contributed by atoms with Crippen molar-refractivity contribution in [1.29, 1.82) is 0 Å². The Labute approximate surface area is 107 Å². The highest BCUT2D eigenvalue weighted by Crippen LogP contribution is 2.22. The van der Waals surface area contributed by atoms with Crippen LogP contribution >= 0.6 is 0 Å². The number of hydrazine groups is 1. The largest absolute Gasteiger partial charge is 0.459 e. The van der Waals surface area contributed by atoms with Crippen LogP contribution in [0.25, 0.3) is 0 Å². The van der Waals surface area contributed by atoms with Gasteiger partial charge in [0, 0.05) is 18.7 Å². The second-order valence-electron chi connectivity index (χ2n) is 4.90. The maximum absolute atomic E-state index is 11.5. The van der Waals surface area contributed by atoms with Crippen LogP contribution in [0.5, 0.6) is 0 Å². The molecule has 0 aromatic carbocycles. The molecule has 1 aliphatic rings. The highest BCUT2D eigenvalue weighted by atomic mass is 16.3. The summed E-state index contributed by atoms with van der Waals surface area (Å²) in [5.74, 6) is 5.88. The molecule has 1 aromatic rings. The smallest absolute Gasteiger partial charge is 0.301 e. The predicted octanol–water partition coefficient (Wildman–Crippen LogP) is 1.51. The molecule has 100 valence electrons. The van der Waals surface area contributed by atoms with Gasteiger partial charge in [0.15, 0.2) is 5.76 Å². The Bertz CT molecular complexity index is 403. The molecule has 1 saturated heterocycles. The fraction of sp³-hybridized carbons (Fsp3) is 0.615. The van der Waals surface area contributed by atoms with Crippen LogP contribution in [0.15, 0.2) is 16.7 Å².